The normalized spacial score (nSPS) is 15.1. The van der Waals surface area contributed by atoms with E-state index in [2.05, 4.69) is 22.9 Å². The number of hydrogen-bond donors (Lipinski definition) is 2. The van der Waals surface area contributed by atoms with Crippen LogP contribution in [0.4, 0.5) is 4.79 Å². The lowest BCUT2D eigenvalue weighted by Crippen LogP contribution is -2.41. The van der Waals surface area contributed by atoms with Crippen molar-refractivity contribution in [2.24, 2.45) is 5.92 Å². The van der Waals surface area contributed by atoms with Gasteiger partial charge in [-0.05, 0) is 31.6 Å². The van der Waals surface area contributed by atoms with Crippen LogP contribution in [0.25, 0.3) is 0 Å². The Labute approximate surface area is 127 Å². The summed E-state index contributed by atoms with van der Waals surface area (Å²) in [7, 11) is 2.84. The number of terminal acetylenes is 1. The number of alkyl carbamates (subject to hydrolysis) is 1. The molecule has 1 amide bonds. The van der Waals surface area contributed by atoms with Crippen LogP contribution in [-0.4, -0.2) is 43.5 Å². The monoisotopic (exact) mass is 301 g/mol. The zero-order valence-electron chi connectivity index (χ0n) is 13.3. The summed E-state index contributed by atoms with van der Waals surface area (Å²) in [5.74, 6) is -0.506. The van der Waals surface area contributed by atoms with Crippen LogP contribution in [-0.2, 0) is 14.3 Å². The summed E-state index contributed by atoms with van der Waals surface area (Å²) in [4.78, 5) is 21.9. The first-order valence-corrected chi connectivity index (χ1v) is 7.02. The zero-order valence-corrected chi connectivity index (χ0v) is 13.3. The quantitative estimate of drug-likeness (QED) is 0.705. The van der Waals surface area contributed by atoms with Crippen LogP contribution in [0.3, 0.4) is 0 Å². The summed E-state index contributed by atoms with van der Waals surface area (Å²) >= 11 is 0. The van der Waals surface area contributed by atoms with Crippen LogP contribution in [0.5, 0.6) is 0 Å². The number of aliphatic carboxylic acids is 1. The zero-order chi connectivity index (χ0) is 16.8. The van der Waals surface area contributed by atoms with Gasteiger partial charge in [0, 0.05) is 7.11 Å². The first kappa shape index (κ1) is 21.6. The smallest absolute Gasteiger partial charge is 0.407 e. The molecule has 0 aromatic rings. The minimum atomic E-state index is -1.05. The lowest BCUT2D eigenvalue weighted by atomic mass is 10.0. The Bertz CT molecular complexity index is 312. The fourth-order valence-electron chi connectivity index (χ4n) is 1.80. The highest BCUT2D eigenvalue weighted by Crippen LogP contribution is 2.36. The van der Waals surface area contributed by atoms with Gasteiger partial charge in [0.2, 0.25) is 0 Å². The third-order valence-corrected chi connectivity index (χ3v) is 2.97. The van der Waals surface area contributed by atoms with Crippen molar-refractivity contribution in [2.75, 3.05) is 14.2 Å². The molecule has 1 aliphatic carbocycles. The van der Waals surface area contributed by atoms with Crippen LogP contribution in [0, 0.1) is 18.8 Å². The van der Waals surface area contributed by atoms with E-state index in [1.165, 1.54) is 7.11 Å². The molecule has 2 atom stereocenters. The lowest BCUT2D eigenvalue weighted by Gasteiger charge is -2.18. The second-order valence-electron chi connectivity index (χ2n) is 4.22. The number of carbonyl (C=O) groups excluding carboxylic acids is 1. The van der Waals surface area contributed by atoms with Crippen molar-refractivity contribution in [2.45, 2.75) is 51.7 Å². The molecule has 1 rings (SSSR count). The number of carboxylic acids is 1. The van der Waals surface area contributed by atoms with Crippen molar-refractivity contribution in [1.82, 2.24) is 5.32 Å². The molecule has 0 radical (unpaired) electrons. The Hall–Kier alpha value is -1.74. The van der Waals surface area contributed by atoms with Crippen molar-refractivity contribution in [1.29, 1.82) is 0 Å². The molecule has 122 valence electrons. The maximum absolute atomic E-state index is 11.0. The molecular formula is C15H27NO5. The van der Waals surface area contributed by atoms with E-state index in [9.17, 15) is 9.59 Å². The topological polar surface area (TPSA) is 84.9 Å². The lowest BCUT2D eigenvalue weighted by molar-refractivity contribution is -0.139. The van der Waals surface area contributed by atoms with Gasteiger partial charge in [-0.2, -0.15) is 0 Å². The molecule has 1 fully saturated rings. The van der Waals surface area contributed by atoms with Crippen LogP contribution < -0.4 is 5.32 Å². The van der Waals surface area contributed by atoms with Crippen LogP contribution in [0.1, 0.15) is 39.5 Å². The molecule has 1 aliphatic rings. The van der Waals surface area contributed by atoms with Crippen molar-refractivity contribution in [3.8, 4) is 12.8 Å². The number of amides is 1. The minimum absolute atomic E-state index is 0.0938. The minimum Gasteiger partial charge on any atom is -0.480 e. The van der Waals surface area contributed by atoms with Gasteiger partial charge in [0.15, 0.2) is 0 Å². The van der Waals surface area contributed by atoms with E-state index in [-0.39, 0.29) is 6.10 Å². The van der Waals surface area contributed by atoms with E-state index in [0.717, 1.165) is 12.8 Å². The summed E-state index contributed by atoms with van der Waals surface area (Å²) in [6, 6.07) is -0.918. The Morgan fingerprint density at radius 1 is 1.24 bits per heavy atom. The third-order valence-electron chi connectivity index (χ3n) is 2.97. The largest absolute Gasteiger partial charge is 0.480 e. The van der Waals surface area contributed by atoms with Gasteiger partial charge in [0.1, 0.15) is 6.04 Å². The highest BCUT2D eigenvalue weighted by molar-refractivity contribution is 5.79. The third kappa shape index (κ3) is 9.74. The number of hydrogen-bond acceptors (Lipinski definition) is 4. The number of rotatable bonds is 7. The molecule has 2 N–H and O–H groups in total. The van der Waals surface area contributed by atoms with Crippen molar-refractivity contribution >= 4 is 12.1 Å². The average molecular weight is 301 g/mol. The number of carbonyl (C=O) groups is 2. The number of carboxylic acid groups (broad SMARTS) is 1. The maximum Gasteiger partial charge on any atom is 0.407 e. The Balaban J connectivity index is 0. The van der Waals surface area contributed by atoms with Crippen molar-refractivity contribution in [3.05, 3.63) is 0 Å². The van der Waals surface area contributed by atoms with Gasteiger partial charge < -0.3 is 19.9 Å². The summed E-state index contributed by atoms with van der Waals surface area (Å²) in [6.07, 6.45) is 10.6. The Morgan fingerprint density at radius 3 is 2.10 bits per heavy atom. The van der Waals surface area contributed by atoms with Gasteiger partial charge in [0.25, 0.3) is 0 Å². The van der Waals surface area contributed by atoms with Crippen molar-refractivity contribution < 1.29 is 24.2 Å². The highest BCUT2D eigenvalue weighted by Gasteiger charge is 2.32. The predicted octanol–water partition coefficient (Wildman–Crippen LogP) is 2.28. The van der Waals surface area contributed by atoms with Gasteiger partial charge in [-0.1, -0.05) is 13.8 Å². The van der Waals surface area contributed by atoms with Crippen LogP contribution >= 0.6 is 0 Å². The molecule has 6 heteroatoms. The summed E-state index contributed by atoms with van der Waals surface area (Å²) in [5, 5.41) is 11.2. The molecule has 6 nitrogen and oxygen atoms in total. The summed E-state index contributed by atoms with van der Waals surface area (Å²) in [6.45, 7) is 4.00. The molecule has 0 saturated heterocycles. The maximum atomic E-state index is 11.0. The molecular weight excluding hydrogens is 274 g/mol. The molecule has 0 aromatic heterocycles. The van der Waals surface area contributed by atoms with Gasteiger partial charge in [-0.15, -0.1) is 12.8 Å². The van der Waals surface area contributed by atoms with E-state index in [1.807, 2.05) is 13.8 Å². The first-order chi connectivity index (χ1) is 10.1. The fourth-order valence-corrected chi connectivity index (χ4v) is 1.80. The molecule has 0 heterocycles. The standard InChI is InChI=1S/C11H19NO5.C2H6.C2H2/c1-16-9(7-3-4-7)6-5-8(10(13)14)12-11(15)17-2;2*1-2/h7-9H,3-6H2,1-2H3,(H,12,15)(H,13,14);1-2H3;1-2H/t8-,9?;;/m0../s1. The number of nitrogens with one attached hydrogen (secondary N) is 1. The molecule has 0 spiro atoms. The Kier molecular flexibility index (Phi) is 13.6. The fraction of sp³-hybridized carbons (Fsp3) is 0.733. The highest BCUT2D eigenvalue weighted by atomic mass is 16.5. The van der Waals surface area contributed by atoms with Gasteiger partial charge in [0.05, 0.1) is 13.2 Å². The average Bonchev–Trinajstić information content (AvgIpc) is 3.35. The molecule has 0 aromatic carbocycles. The SMILES string of the molecule is C#C.CC.COC(=O)N[C@@H](CCC(OC)C1CC1)C(=O)O. The number of ether oxygens (including phenoxy) is 2. The van der Waals surface area contributed by atoms with E-state index < -0.39 is 18.1 Å². The number of methoxy groups -OCH3 is 2. The molecule has 1 unspecified atom stereocenters. The second kappa shape index (κ2) is 13.3. The second-order valence-corrected chi connectivity index (χ2v) is 4.22. The molecule has 21 heavy (non-hydrogen) atoms. The summed E-state index contributed by atoms with van der Waals surface area (Å²) < 4.78 is 9.68. The van der Waals surface area contributed by atoms with Crippen molar-refractivity contribution in [3.63, 3.8) is 0 Å². The van der Waals surface area contributed by atoms with E-state index in [1.54, 1.807) is 7.11 Å². The van der Waals surface area contributed by atoms with E-state index in [0.29, 0.717) is 18.8 Å². The Morgan fingerprint density at radius 2 is 1.76 bits per heavy atom. The summed E-state index contributed by atoms with van der Waals surface area (Å²) in [5.41, 5.74) is 0. The van der Waals surface area contributed by atoms with E-state index >= 15 is 0 Å². The first-order valence-electron chi connectivity index (χ1n) is 7.02. The van der Waals surface area contributed by atoms with Gasteiger partial charge in [-0.3, -0.25) is 0 Å². The van der Waals surface area contributed by atoms with E-state index in [4.69, 9.17) is 9.84 Å². The van der Waals surface area contributed by atoms with Crippen LogP contribution in [0.2, 0.25) is 0 Å². The molecule has 0 bridgehead atoms. The molecule has 1 saturated carbocycles. The molecule has 0 aliphatic heterocycles. The van der Waals surface area contributed by atoms with Gasteiger partial charge in [-0.25, -0.2) is 9.59 Å². The predicted molar refractivity (Wildman–Crippen MR) is 81.0 cm³/mol. The van der Waals surface area contributed by atoms with Crippen LogP contribution in [0.15, 0.2) is 0 Å². The van der Waals surface area contributed by atoms with Gasteiger partial charge >= 0.3 is 12.1 Å².